The van der Waals surface area contributed by atoms with Crippen LogP contribution in [0.4, 0.5) is 0 Å². The van der Waals surface area contributed by atoms with E-state index in [0.717, 1.165) is 6.42 Å². The van der Waals surface area contributed by atoms with E-state index in [1.54, 1.807) is 0 Å². The summed E-state index contributed by atoms with van der Waals surface area (Å²) in [5.74, 6) is 0.717. The number of aliphatic hydroxyl groups excluding tert-OH is 1. The zero-order valence-electron chi connectivity index (χ0n) is 15.1. The predicted molar refractivity (Wildman–Crippen MR) is 90.1 cm³/mol. The monoisotopic (exact) mass is 363 g/mol. The number of aromatic nitrogens is 3. The summed E-state index contributed by atoms with van der Waals surface area (Å²) >= 11 is 0. The van der Waals surface area contributed by atoms with Gasteiger partial charge in [-0.1, -0.05) is 0 Å². The SMILES string of the molecule is CC(C)NC(=O)c1nnc2n1CC1(CCN(C(=O)C3CC(O)C3)C1)OC2. The molecule has 4 rings (SSSR count). The van der Waals surface area contributed by atoms with Gasteiger partial charge in [0.25, 0.3) is 5.91 Å². The van der Waals surface area contributed by atoms with Crippen molar-refractivity contribution >= 4 is 11.8 Å². The Labute approximate surface area is 151 Å². The molecule has 1 aromatic rings. The molecule has 1 saturated heterocycles. The lowest BCUT2D eigenvalue weighted by Crippen LogP contribution is -2.48. The molecule has 0 radical (unpaired) electrons. The first-order valence-electron chi connectivity index (χ1n) is 9.21. The number of hydrogen-bond acceptors (Lipinski definition) is 6. The highest BCUT2D eigenvalue weighted by Gasteiger charge is 2.47. The van der Waals surface area contributed by atoms with Gasteiger partial charge in [0.2, 0.25) is 11.7 Å². The molecule has 9 heteroatoms. The van der Waals surface area contributed by atoms with E-state index >= 15 is 0 Å². The van der Waals surface area contributed by atoms with Gasteiger partial charge in [-0.05, 0) is 33.1 Å². The molecule has 1 aliphatic carbocycles. The van der Waals surface area contributed by atoms with Crippen LogP contribution in [0.15, 0.2) is 0 Å². The third-order valence-corrected chi connectivity index (χ3v) is 5.49. The van der Waals surface area contributed by atoms with Crippen molar-refractivity contribution in [1.29, 1.82) is 0 Å². The second-order valence-corrected chi connectivity index (χ2v) is 7.96. The summed E-state index contributed by atoms with van der Waals surface area (Å²) in [7, 11) is 0. The Bertz CT molecular complexity index is 727. The van der Waals surface area contributed by atoms with Crippen molar-refractivity contribution in [3.05, 3.63) is 11.6 Å². The van der Waals surface area contributed by atoms with Gasteiger partial charge in [-0.2, -0.15) is 0 Å². The molecule has 0 aromatic carbocycles. The number of rotatable bonds is 3. The van der Waals surface area contributed by atoms with Gasteiger partial charge in [-0.15, -0.1) is 10.2 Å². The topological polar surface area (TPSA) is 110 Å². The molecule has 26 heavy (non-hydrogen) atoms. The lowest BCUT2D eigenvalue weighted by Gasteiger charge is -2.36. The zero-order chi connectivity index (χ0) is 18.5. The molecule has 1 saturated carbocycles. The molecule has 0 bridgehead atoms. The second-order valence-electron chi connectivity index (χ2n) is 7.96. The number of nitrogens with one attached hydrogen (secondary N) is 1. The highest BCUT2D eigenvalue weighted by Crippen LogP contribution is 2.36. The van der Waals surface area contributed by atoms with Crippen molar-refractivity contribution in [2.24, 2.45) is 5.92 Å². The minimum absolute atomic E-state index is 0.0154. The van der Waals surface area contributed by atoms with Gasteiger partial charge in [0.05, 0.1) is 19.2 Å². The fourth-order valence-electron chi connectivity index (χ4n) is 3.98. The molecule has 2 fully saturated rings. The minimum Gasteiger partial charge on any atom is -0.393 e. The number of amides is 2. The highest BCUT2D eigenvalue weighted by atomic mass is 16.5. The van der Waals surface area contributed by atoms with E-state index in [-0.39, 0.29) is 36.5 Å². The zero-order valence-corrected chi connectivity index (χ0v) is 15.1. The van der Waals surface area contributed by atoms with Crippen LogP contribution in [-0.4, -0.2) is 67.4 Å². The van der Waals surface area contributed by atoms with E-state index in [2.05, 4.69) is 15.5 Å². The first-order valence-corrected chi connectivity index (χ1v) is 9.21. The Morgan fingerprint density at radius 3 is 2.77 bits per heavy atom. The van der Waals surface area contributed by atoms with Crippen LogP contribution in [0.2, 0.25) is 0 Å². The maximum atomic E-state index is 12.6. The molecule has 1 atom stereocenters. The van der Waals surface area contributed by atoms with Gasteiger partial charge in [0, 0.05) is 18.5 Å². The van der Waals surface area contributed by atoms with E-state index in [0.29, 0.717) is 44.1 Å². The smallest absolute Gasteiger partial charge is 0.289 e. The number of fused-ring (bicyclic) bond motifs is 1. The van der Waals surface area contributed by atoms with E-state index in [1.165, 1.54) is 0 Å². The van der Waals surface area contributed by atoms with Crippen molar-refractivity contribution in [2.75, 3.05) is 13.1 Å². The van der Waals surface area contributed by atoms with Crippen LogP contribution in [0.5, 0.6) is 0 Å². The molecule has 3 aliphatic rings. The molecule has 1 unspecified atom stereocenters. The molecule has 142 valence electrons. The van der Waals surface area contributed by atoms with Crippen LogP contribution in [0.1, 0.15) is 49.6 Å². The predicted octanol–water partition coefficient (Wildman–Crippen LogP) is -0.311. The quantitative estimate of drug-likeness (QED) is 0.762. The largest absolute Gasteiger partial charge is 0.393 e. The van der Waals surface area contributed by atoms with Crippen molar-refractivity contribution in [1.82, 2.24) is 25.0 Å². The molecule has 2 N–H and O–H groups in total. The summed E-state index contributed by atoms with van der Waals surface area (Å²) in [5.41, 5.74) is -0.500. The molecule has 1 aromatic heterocycles. The lowest BCUT2D eigenvalue weighted by atomic mass is 9.81. The Hall–Kier alpha value is -2.00. The average Bonchev–Trinajstić information content (AvgIpc) is 3.15. The van der Waals surface area contributed by atoms with Gasteiger partial charge in [-0.25, -0.2) is 0 Å². The maximum Gasteiger partial charge on any atom is 0.289 e. The number of nitrogens with zero attached hydrogens (tertiary/aromatic N) is 4. The third-order valence-electron chi connectivity index (χ3n) is 5.49. The standard InChI is InChI=1S/C17H25N5O4/c1-10(2)18-15(24)14-20-19-13-7-26-17(9-22(13)14)3-4-21(8-17)16(25)11-5-12(23)6-11/h10-12,23H,3-9H2,1-2H3,(H,18,24). The summed E-state index contributed by atoms with van der Waals surface area (Å²) in [6, 6.07) is 0.0154. The molecule has 1 spiro atoms. The molecular formula is C17H25N5O4. The van der Waals surface area contributed by atoms with Crippen molar-refractivity contribution < 1.29 is 19.4 Å². The second kappa shape index (κ2) is 6.31. The maximum absolute atomic E-state index is 12.6. The van der Waals surface area contributed by atoms with Crippen LogP contribution in [0, 0.1) is 5.92 Å². The Morgan fingerprint density at radius 2 is 2.08 bits per heavy atom. The van der Waals surface area contributed by atoms with Crippen LogP contribution in [-0.2, 0) is 22.7 Å². The normalized spacial score (nSPS) is 30.4. The first-order chi connectivity index (χ1) is 12.4. The highest BCUT2D eigenvalue weighted by molar-refractivity contribution is 5.90. The van der Waals surface area contributed by atoms with Crippen LogP contribution in [0.3, 0.4) is 0 Å². The van der Waals surface area contributed by atoms with Gasteiger partial charge < -0.3 is 24.6 Å². The molecule has 3 heterocycles. The Balaban J connectivity index is 1.47. The van der Waals surface area contributed by atoms with Crippen molar-refractivity contribution in [3.8, 4) is 0 Å². The summed E-state index contributed by atoms with van der Waals surface area (Å²) in [6.45, 7) is 5.68. The van der Waals surface area contributed by atoms with E-state index < -0.39 is 5.60 Å². The fourth-order valence-corrected chi connectivity index (χ4v) is 3.98. The lowest BCUT2D eigenvalue weighted by molar-refractivity contribution is -0.144. The fraction of sp³-hybridized carbons (Fsp3) is 0.765. The van der Waals surface area contributed by atoms with Crippen molar-refractivity contribution in [2.45, 2.75) is 64.0 Å². The Kier molecular flexibility index (Phi) is 4.23. The number of carbonyl (C=O) groups excluding carboxylic acids is 2. The summed E-state index contributed by atoms with van der Waals surface area (Å²) in [5, 5.41) is 20.4. The molecular weight excluding hydrogens is 338 g/mol. The summed E-state index contributed by atoms with van der Waals surface area (Å²) < 4.78 is 7.88. The number of aliphatic hydroxyl groups is 1. The minimum atomic E-state index is -0.500. The van der Waals surface area contributed by atoms with Crippen LogP contribution < -0.4 is 5.32 Å². The van der Waals surface area contributed by atoms with Crippen LogP contribution >= 0.6 is 0 Å². The molecule has 9 nitrogen and oxygen atoms in total. The van der Waals surface area contributed by atoms with Gasteiger partial charge >= 0.3 is 0 Å². The van der Waals surface area contributed by atoms with E-state index in [9.17, 15) is 14.7 Å². The number of hydrogen-bond donors (Lipinski definition) is 2. The number of likely N-dealkylation sites (tertiary alicyclic amines) is 1. The van der Waals surface area contributed by atoms with Gasteiger partial charge in [0.1, 0.15) is 12.2 Å². The average molecular weight is 363 g/mol. The van der Waals surface area contributed by atoms with Gasteiger partial charge in [-0.3, -0.25) is 9.59 Å². The van der Waals surface area contributed by atoms with Gasteiger partial charge in [0.15, 0.2) is 5.82 Å². The summed E-state index contributed by atoms with van der Waals surface area (Å²) in [6.07, 6.45) is 1.49. The number of carbonyl (C=O) groups is 2. The van der Waals surface area contributed by atoms with E-state index in [1.807, 2.05) is 23.3 Å². The Morgan fingerprint density at radius 1 is 1.31 bits per heavy atom. The van der Waals surface area contributed by atoms with E-state index in [4.69, 9.17) is 4.74 Å². The molecule has 2 amide bonds. The molecule has 2 aliphatic heterocycles. The number of ether oxygens (including phenoxy) is 1. The third kappa shape index (κ3) is 2.99. The van der Waals surface area contributed by atoms with Crippen molar-refractivity contribution in [3.63, 3.8) is 0 Å². The van der Waals surface area contributed by atoms with Crippen LogP contribution in [0.25, 0.3) is 0 Å². The first kappa shape index (κ1) is 17.4. The summed E-state index contributed by atoms with van der Waals surface area (Å²) in [4.78, 5) is 26.8.